The van der Waals surface area contributed by atoms with Gasteiger partial charge < -0.3 is 14.4 Å². The Morgan fingerprint density at radius 3 is 2.66 bits per heavy atom. The van der Waals surface area contributed by atoms with Crippen LogP contribution in [0.1, 0.15) is 31.0 Å². The summed E-state index contributed by atoms with van der Waals surface area (Å²) in [6.45, 7) is 3.75. The Bertz CT molecular complexity index is 1140. The van der Waals surface area contributed by atoms with E-state index in [9.17, 15) is 9.18 Å². The van der Waals surface area contributed by atoms with Crippen molar-refractivity contribution in [1.82, 2.24) is 4.90 Å². The van der Waals surface area contributed by atoms with Crippen molar-refractivity contribution in [2.24, 2.45) is 4.99 Å². The summed E-state index contributed by atoms with van der Waals surface area (Å²) in [4.78, 5) is 19.2. The van der Waals surface area contributed by atoms with Gasteiger partial charge in [-0.05, 0) is 43.0 Å². The van der Waals surface area contributed by atoms with Crippen LogP contribution in [0.2, 0.25) is 10.0 Å². The number of carbonyl (C=O) groups excluding carboxylic acids is 1. The van der Waals surface area contributed by atoms with Crippen LogP contribution in [-0.4, -0.2) is 22.6 Å². The molecule has 2 aliphatic rings. The summed E-state index contributed by atoms with van der Waals surface area (Å²) >= 11 is 14.5. The molecule has 0 fully saturated rings. The van der Waals surface area contributed by atoms with Crippen LogP contribution in [0.5, 0.6) is 5.75 Å². The maximum Gasteiger partial charge on any atom is 0.338 e. The number of aliphatic imine (C=N–C) groups is 1. The van der Waals surface area contributed by atoms with Gasteiger partial charge in [0.25, 0.3) is 0 Å². The number of carbonyl (C=O) groups is 1. The molecule has 9 heteroatoms. The van der Waals surface area contributed by atoms with Gasteiger partial charge in [0.2, 0.25) is 0 Å². The van der Waals surface area contributed by atoms with Gasteiger partial charge in [0.05, 0.1) is 34.0 Å². The Labute approximate surface area is 199 Å². The largest absolute Gasteiger partial charge is 0.486 e. The minimum atomic E-state index is -0.511. The van der Waals surface area contributed by atoms with E-state index in [1.54, 1.807) is 44.2 Å². The number of nitrogens with zero attached hydrogens (tertiary/aromatic N) is 2. The summed E-state index contributed by atoms with van der Waals surface area (Å²) in [6, 6.07) is 9.21. The molecule has 0 spiro atoms. The molecule has 0 bridgehead atoms. The lowest BCUT2D eigenvalue weighted by atomic mass is 9.94. The summed E-state index contributed by atoms with van der Waals surface area (Å²) in [5.41, 5.74) is 2.05. The molecule has 2 aromatic carbocycles. The summed E-state index contributed by atoms with van der Waals surface area (Å²) in [7, 11) is 0. The minimum Gasteiger partial charge on any atom is -0.486 e. The van der Waals surface area contributed by atoms with E-state index in [-0.39, 0.29) is 34.8 Å². The topological polar surface area (TPSA) is 51.1 Å². The maximum absolute atomic E-state index is 13.9. The zero-order valence-corrected chi connectivity index (χ0v) is 19.6. The number of thioether (sulfide) groups is 1. The van der Waals surface area contributed by atoms with Crippen molar-refractivity contribution < 1.29 is 18.7 Å². The average Bonchev–Trinajstić information content (AvgIpc) is 3.21. The smallest absolute Gasteiger partial charge is 0.338 e. The van der Waals surface area contributed by atoms with E-state index in [1.165, 1.54) is 17.8 Å². The molecule has 2 aliphatic heterocycles. The molecule has 4 rings (SSSR count). The van der Waals surface area contributed by atoms with Crippen molar-refractivity contribution in [3.05, 3.63) is 86.3 Å². The Kier molecular flexibility index (Phi) is 6.79. The van der Waals surface area contributed by atoms with Crippen molar-refractivity contribution in [3.8, 4) is 5.75 Å². The predicted molar refractivity (Wildman–Crippen MR) is 125 cm³/mol. The zero-order valence-electron chi connectivity index (χ0n) is 17.3. The van der Waals surface area contributed by atoms with Crippen LogP contribution in [0.4, 0.5) is 4.39 Å². The fraction of sp³-hybridized carbons (Fsp3) is 0.217. The molecule has 5 nitrogen and oxygen atoms in total. The number of benzene rings is 2. The highest BCUT2D eigenvalue weighted by atomic mass is 35.5. The number of hydrogen-bond acceptors (Lipinski definition) is 6. The Hall–Kier alpha value is -2.48. The number of allylic oxidation sites excluding steroid dienone is 1. The zero-order chi connectivity index (χ0) is 22.8. The molecule has 2 heterocycles. The number of amidine groups is 1. The first kappa shape index (κ1) is 22.7. The van der Waals surface area contributed by atoms with E-state index in [1.807, 2.05) is 16.5 Å². The molecule has 0 aromatic heterocycles. The highest BCUT2D eigenvalue weighted by Gasteiger charge is 2.38. The van der Waals surface area contributed by atoms with Gasteiger partial charge in [0.1, 0.15) is 12.4 Å². The lowest BCUT2D eigenvalue weighted by Crippen LogP contribution is -2.34. The van der Waals surface area contributed by atoms with Crippen LogP contribution < -0.4 is 4.74 Å². The van der Waals surface area contributed by atoms with Gasteiger partial charge in [-0.15, -0.1) is 0 Å². The lowest BCUT2D eigenvalue weighted by molar-refractivity contribution is -0.139. The molecule has 0 aliphatic carbocycles. The number of rotatable bonds is 6. The van der Waals surface area contributed by atoms with Gasteiger partial charge in [-0.25, -0.2) is 14.2 Å². The molecule has 166 valence electrons. The third kappa shape index (κ3) is 4.37. The SMILES string of the molecule is CCOC(=O)C1=C(C)N=C2SC=CN2[C@@H]1c1cc(Cl)c(OCc2ccccc2F)c(Cl)c1. The number of halogens is 3. The van der Waals surface area contributed by atoms with Gasteiger partial charge in [0, 0.05) is 11.8 Å². The van der Waals surface area contributed by atoms with Crippen molar-refractivity contribution >= 4 is 46.1 Å². The summed E-state index contributed by atoms with van der Waals surface area (Å²) in [5, 5.41) is 3.14. The Morgan fingerprint density at radius 2 is 1.97 bits per heavy atom. The van der Waals surface area contributed by atoms with Gasteiger partial charge in [0.15, 0.2) is 10.9 Å². The average molecular weight is 493 g/mol. The first-order valence-corrected chi connectivity index (χ1v) is 11.5. The predicted octanol–water partition coefficient (Wildman–Crippen LogP) is 6.48. The van der Waals surface area contributed by atoms with Gasteiger partial charge in [-0.2, -0.15) is 0 Å². The normalized spacial score (nSPS) is 17.3. The third-order valence-electron chi connectivity index (χ3n) is 4.98. The van der Waals surface area contributed by atoms with Crippen molar-refractivity contribution in [3.63, 3.8) is 0 Å². The standard InChI is InChI=1S/C23H19Cl2FN2O3S/c1-3-30-22(29)19-13(2)27-23-28(8-9-32-23)20(19)15-10-16(24)21(17(25)11-15)31-12-14-6-4-5-7-18(14)26/h4-11,20H,3,12H2,1-2H3/t20-/m1/s1. The number of fused-ring (bicyclic) bond motifs is 1. The molecular weight excluding hydrogens is 474 g/mol. The molecule has 2 aromatic rings. The van der Waals surface area contributed by atoms with Crippen LogP contribution in [0.25, 0.3) is 0 Å². The summed E-state index contributed by atoms with van der Waals surface area (Å²) in [5.74, 6) is -0.576. The number of esters is 1. The van der Waals surface area contributed by atoms with Gasteiger partial charge >= 0.3 is 5.97 Å². The fourth-order valence-electron chi connectivity index (χ4n) is 3.54. The highest BCUT2D eigenvalue weighted by Crippen LogP contribution is 2.44. The van der Waals surface area contributed by atoms with E-state index in [2.05, 4.69) is 4.99 Å². The molecule has 0 unspecified atom stereocenters. The first-order valence-electron chi connectivity index (χ1n) is 9.84. The third-order valence-corrected chi connectivity index (χ3v) is 6.31. The number of ether oxygens (including phenoxy) is 2. The molecule has 0 saturated carbocycles. The molecule has 32 heavy (non-hydrogen) atoms. The Morgan fingerprint density at radius 1 is 1.25 bits per heavy atom. The molecular formula is C23H19Cl2FN2O3S. The van der Waals surface area contributed by atoms with Crippen LogP contribution in [0.15, 0.2) is 64.3 Å². The van der Waals surface area contributed by atoms with E-state index in [4.69, 9.17) is 32.7 Å². The second-order valence-electron chi connectivity index (χ2n) is 7.02. The van der Waals surface area contributed by atoms with E-state index in [0.717, 1.165) is 5.17 Å². The molecule has 0 saturated heterocycles. The lowest BCUT2D eigenvalue weighted by Gasteiger charge is -2.33. The minimum absolute atomic E-state index is 0.0235. The van der Waals surface area contributed by atoms with Crippen LogP contribution >= 0.6 is 35.0 Å². The van der Waals surface area contributed by atoms with Gasteiger partial charge in [-0.1, -0.05) is 53.2 Å². The summed E-state index contributed by atoms with van der Waals surface area (Å²) < 4.78 is 24.9. The quantitative estimate of drug-likeness (QED) is 0.432. The van der Waals surface area contributed by atoms with Crippen LogP contribution in [-0.2, 0) is 16.1 Å². The highest BCUT2D eigenvalue weighted by molar-refractivity contribution is 8.16. The van der Waals surface area contributed by atoms with E-state index in [0.29, 0.717) is 22.4 Å². The fourth-order valence-corrected chi connectivity index (χ4v) is 4.94. The second-order valence-corrected chi connectivity index (χ2v) is 8.71. The van der Waals surface area contributed by atoms with E-state index >= 15 is 0 Å². The maximum atomic E-state index is 13.9. The van der Waals surface area contributed by atoms with Crippen molar-refractivity contribution in [1.29, 1.82) is 0 Å². The van der Waals surface area contributed by atoms with Crippen LogP contribution in [0, 0.1) is 5.82 Å². The van der Waals surface area contributed by atoms with Gasteiger partial charge in [-0.3, -0.25) is 0 Å². The monoisotopic (exact) mass is 492 g/mol. The van der Waals surface area contributed by atoms with E-state index < -0.39 is 12.0 Å². The molecule has 1 atom stereocenters. The Balaban J connectivity index is 1.69. The molecule has 0 amide bonds. The summed E-state index contributed by atoms with van der Waals surface area (Å²) in [6.07, 6.45) is 1.85. The van der Waals surface area contributed by atoms with Crippen molar-refractivity contribution in [2.75, 3.05) is 6.61 Å². The number of hydrogen-bond donors (Lipinski definition) is 0. The molecule has 0 radical (unpaired) electrons. The second kappa shape index (κ2) is 9.57. The van der Waals surface area contributed by atoms with Crippen molar-refractivity contribution in [2.45, 2.75) is 26.5 Å². The molecule has 0 N–H and O–H groups in total. The van der Waals surface area contributed by atoms with Crippen LogP contribution in [0.3, 0.4) is 0 Å². The first-order chi connectivity index (χ1) is 15.4.